The van der Waals surface area contributed by atoms with Crippen molar-refractivity contribution in [2.45, 2.75) is 0 Å². The van der Waals surface area contributed by atoms with Crippen LogP contribution in [0.3, 0.4) is 0 Å². The Balaban J connectivity index is 1.96. The zero-order valence-corrected chi connectivity index (χ0v) is 13.3. The lowest BCUT2D eigenvalue weighted by Gasteiger charge is -2.13. The Bertz CT molecular complexity index is 743. The molecule has 0 atom stereocenters. The van der Waals surface area contributed by atoms with Crippen LogP contribution in [0.15, 0.2) is 64.8 Å². The highest BCUT2D eigenvalue weighted by atomic mass is 79.9. The van der Waals surface area contributed by atoms with E-state index in [4.69, 9.17) is 12.2 Å². The zero-order chi connectivity index (χ0) is 14.8. The first kappa shape index (κ1) is 14.0. The van der Waals surface area contributed by atoms with Gasteiger partial charge in [0.25, 0.3) is 5.91 Å². The van der Waals surface area contributed by atoms with Crippen LogP contribution in [0.2, 0.25) is 0 Å². The van der Waals surface area contributed by atoms with E-state index in [1.807, 2.05) is 54.6 Å². The van der Waals surface area contributed by atoms with Gasteiger partial charge in [-0.3, -0.25) is 9.69 Å². The summed E-state index contributed by atoms with van der Waals surface area (Å²) in [6.45, 7) is 0. The summed E-state index contributed by atoms with van der Waals surface area (Å²) >= 11 is 8.74. The molecule has 104 valence electrons. The van der Waals surface area contributed by atoms with Gasteiger partial charge in [-0.2, -0.15) is 0 Å². The van der Waals surface area contributed by atoms with Crippen molar-refractivity contribution in [3.63, 3.8) is 0 Å². The second-order valence-corrected chi connectivity index (χ2v) is 5.73. The summed E-state index contributed by atoms with van der Waals surface area (Å²) in [5, 5.41) is 3.37. The molecule has 1 aliphatic heterocycles. The topological polar surface area (TPSA) is 32.3 Å². The molecule has 1 saturated heterocycles. The number of hydrogen-bond donors (Lipinski definition) is 1. The molecule has 0 saturated carbocycles. The molecule has 0 radical (unpaired) electrons. The summed E-state index contributed by atoms with van der Waals surface area (Å²) in [4.78, 5) is 14.0. The number of amides is 1. The Morgan fingerprint density at radius 3 is 2.43 bits per heavy atom. The van der Waals surface area contributed by atoms with Crippen molar-refractivity contribution in [3.05, 3.63) is 70.3 Å². The van der Waals surface area contributed by atoms with Gasteiger partial charge in [0.2, 0.25) is 0 Å². The lowest BCUT2D eigenvalue weighted by molar-refractivity contribution is -0.113. The summed E-state index contributed by atoms with van der Waals surface area (Å²) in [6.07, 6.45) is 1.79. The molecule has 1 amide bonds. The van der Waals surface area contributed by atoms with Gasteiger partial charge in [0.05, 0.1) is 5.69 Å². The second-order valence-electron chi connectivity index (χ2n) is 4.49. The number of thiocarbonyl (C=S) groups is 1. The molecule has 0 aromatic heterocycles. The molecule has 0 unspecified atom stereocenters. The van der Waals surface area contributed by atoms with Crippen molar-refractivity contribution in [2.75, 3.05) is 4.90 Å². The zero-order valence-electron chi connectivity index (χ0n) is 10.9. The van der Waals surface area contributed by atoms with Crippen LogP contribution < -0.4 is 10.2 Å². The molecule has 21 heavy (non-hydrogen) atoms. The molecule has 1 N–H and O–H groups in total. The van der Waals surface area contributed by atoms with Crippen molar-refractivity contribution < 1.29 is 4.79 Å². The van der Waals surface area contributed by atoms with E-state index in [9.17, 15) is 4.79 Å². The lowest BCUT2D eigenvalue weighted by Crippen LogP contribution is -2.30. The first-order valence-electron chi connectivity index (χ1n) is 6.33. The number of nitrogens with one attached hydrogen (secondary N) is 1. The highest BCUT2D eigenvalue weighted by Crippen LogP contribution is 2.24. The molecule has 1 aliphatic rings. The molecule has 3 nitrogen and oxygen atoms in total. The smallest absolute Gasteiger partial charge is 0.281 e. The Kier molecular flexibility index (Phi) is 3.86. The Morgan fingerprint density at radius 2 is 1.71 bits per heavy atom. The summed E-state index contributed by atoms with van der Waals surface area (Å²) in [7, 11) is 0. The van der Waals surface area contributed by atoms with Crippen LogP contribution in [-0.4, -0.2) is 11.0 Å². The van der Waals surface area contributed by atoms with E-state index in [1.54, 1.807) is 6.08 Å². The van der Waals surface area contributed by atoms with Crippen molar-refractivity contribution in [3.8, 4) is 0 Å². The van der Waals surface area contributed by atoms with Gasteiger partial charge >= 0.3 is 0 Å². The fourth-order valence-corrected chi connectivity index (χ4v) is 2.79. The number of anilines is 1. The van der Waals surface area contributed by atoms with Gasteiger partial charge in [-0.1, -0.05) is 52.3 Å². The SMILES string of the molecule is O=C1/C(=C/c2ccccc2Br)NC(=S)N1c1ccccc1. The molecule has 2 aromatic carbocycles. The number of nitrogens with zero attached hydrogens (tertiary/aromatic N) is 1. The van der Waals surface area contributed by atoms with Crippen LogP contribution in [0.1, 0.15) is 5.56 Å². The number of carbonyl (C=O) groups excluding carboxylic acids is 1. The summed E-state index contributed by atoms with van der Waals surface area (Å²) < 4.78 is 0.927. The highest BCUT2D eigenvalue weighted by Gasteiger charge is 2.31. The number of halogens is 1. The van der Waals surface area contributed by atoms with Crippen molar-refractivity contribution in [2.24, 2.45) is 0 Å². The van der Waals surface area contributed by atoms with E-state index < -0.39 is 0 Å². The predicted octanol–water partition coefficient (Wildman–Crippen LogP) is 3.71. The van der Waals surface area contributed by atoms with Gasteiger partial charge in [-0.15, -0.1) is 0 Å². The molecule has 2 aromatic rings. The van der Waals surface area contributed by atoms with E-state index in [-0.39, 0.29) is 5.91 Å². The predicted molar refractivity (Wildman–Crippen MR) is 91.8 cm³/mol. The third-order valence-corrected chi connectivity index (χ3v) is 4.10. The van der Waals surface area contributed by atoms with Gasteiger partial charge in [0.15, 0.2) is 5.11 Å². The first-order chi connectivity index (χ1) is 10.2. The van der Waals surface area contributed by atoms with E-state index in [1.165, 1.54) is 4.90 Å². The van der Waals surface area contributed by atoms with E-state index in [0.29, 0.717) is 10.8 Å². The maximum atomic E-state index is 12.5. The number of benzene rings is 2. The fourth-order valence-electron chi connectivity index (χ4n) is 2.09. The number of para-hydroxylation sites is 1. The molecule has 1 fully saturated rings. The average molecular weight is 359 g/mol. The van der Waals surface area contributed by atoms with Crippen LogP contribution >= 0.6 is 28.1 Å². The molecular weight excluding hydrogens is 348 g/mol. The Morgan fingerprint density at radius 1 is 1.05 bits per heavy atom. The van der Waals surface area contributed by atoms with Crippen molar-refractivity contribution >= 4 is 50.9 Å². The van der Waals surface area contributed by atoms with Gasteiger partial charge in [-0.25, -0.2) is 0 Å². The van der Waals surface area contributed by atoms with Gasteiger partial charge in [0, 0.05) is 4.47 Å². The van der Waals surface area contributed by atoms with Crippen LogP contribution in [0, 0.1) is 0 Å². The van der Waals surface area contributed by atoms with Crippen LogP contribution in [0.4, 0.5) is 5.69 Å². The summed E-state index contributed by atoms with van der Waals surface area (Å²) in [5.41, 5.74) is 2.15. The van der Waals surface area contributed by atoms with Crippen LogP contribution in [0.5, 0.6) is 0 Å². The number of hydrogen-bond acceptors (Lipinski definition) is 2. The second kappa shape index (κ2) is 5.79. The third kappa shape index (κ3) is 2.75. The largest absolute Gasteiger partial charge is 0.327 e. The van der Waals surface area contributed by atoms with Crippen molar-refractivity contribution in [1.29, 1.82) is 0 Å². The van der Waals surface area contributed by atoms with Gasteiger partial charge < -0.3 is 5.32 Å². The van der Waals surface area contributed by atoms with Gasteiger partial charge in [-0.05, 0) is 42.1 Å². The maximum Gasteiger partial charge on any atom is 0.281 e. The Labute approximate surface area is 136 Å². The summed E-state index contributed by atoms with van der Waals surface area (Å²) in [5.74, 6) is -0.151. The van der Waals surface area contributed by atoms with Gasteiger partial charge in [0.1, 0.15) is 5.70 Å². The lowest BCUT2D eigenvalue weighted by atomic mass is 10.2. The van der Waals surface area contributed by atoms with Crippen LogP contribution in [-0.2, 0) is 4.79 Å². The molecule has 1 heterocycles. The minimum absolute atomic E-state index is 0.151. The van der Waals surface area contributed by atoms with Crippen LogP contribution in [0.25, 0.3) is 6.08 Å². The number of carbonyl (C=O) groups is 1. The Hall–Kier alpha value is -1.98. The normalized spacial score (nSPS) is 16.4. The molecule has 0 spiro atoms. The molecule has 0 bridgehead atoms. The standard InChI is InChI=1S/C16H11BrN2OS/c17-13-9-5-4-6-11(13)10-14-15(20)19(16(21)18-14)12-7-2-1-3-8-12/h1-10H,(H,18,21)/b14-10-. The first-order valence-corrected chi connectivity index (χ1v) is 7.53. The van der Waals surface area contributed by atoms with E-state index in [0.717, 1.165) is 15.7 Å². The molecule has 5 heteroatoms. The fraction of sp³-hybridized carbons (Fsp3) is 0. The quantitative estimate of drug-likeness (QED) is 0.655. The van der Waals surface area contributed by atoms with E-state index >= 15 is 0 Å². The minimum atomic E-state index is -0.151. The third-order valence-electron chi connectivity index (χ3n) is 3.10. The molecule has 3 rings (SSSR count). The molecule has 0 aliphatic carbocycles. The van der Waals surface area contributed by atoms with Crippen molar-refractivity contribution in [1.82, 2.24) is 5.32 Å². The average Bonchev–Trinajstić information content (AvgIpc) is 2.77. The van der Waals surface area contributed by atoms with E-state index in [2.05, 4.69) is 21.2 Å². The monoisotopic (exact) mass is 358 g/mol. The number of rotatable bonds is 2. The summed E-state index contributed by atoms with van der Waals surface area (Å²) in [6, 6.07) is 17.1. The highest BCUT2D eigenvalue weighted by molar-refractivity contribution is 9.10. The maximum absolute atomic E-state index is 12.5. The minimum Gasteiger partial charge on any atom is -0.327 e. The molecular formula is C16H11BrN2OS.